The molecular formula is C20H16N6O2S. The Labute approximate surface area is 169 Å². The highest BCUT2D eigenvalue weighted by Gasteiger charge is 2.25. The van der Waals surface area contributed by atoms with Crippen LogP contribution in [-0.4, -0.2) is 42.9 Å². The summed E-state index contributed by atoms with van der Waals surface area (Å²) in [6.45, 7) is 0.665. The first kappa shape index (κ1) is 17.6. The van der Waals surface area contributed by atoms with Crippen molar-refractivity contribution in [2.75, 3.05) is 17.2 Å². The molecule has 0 atom stereocenters. The van der Waals surface area contributed by atoms with Gasteiger partial charge in [-0.3, -0.25) is 9.59 Å². The number of thioether (sulfide) groups is 1. The van der Waals surface area contributed by atoms with E-state index in [1.54, 1.807) is 23.1 Å². The van der Waals surface area contributed by atoms with Crippen molar-refractivity contribution in [2.45, 2.75) is 11.6 Å². The van der Waals surface area contributed by atoms with E-state index in [-0.39, 0.29) is 23.2 Å². The van der Waals surface area contributed by atoms with Crippen LogP contribution in [0.4, 0.5) is 5.69 Å². The number of benzene rings is 2. The van der Waals surface area contributed by atoms with Crippen molar-refractivity contribution in [2.24, 2.45) is 0 Å². The van der Waals surface area contributed by atoms with E-state index in [1.807, 2.05) is 30.3 Å². The number of aromatic nitrogens is 5. The highest BCUT2D eigenvalue weighted by atomic mass is 32.2. The molecule has 4 aromatic rings. The Hall–Kier alpha value is -3.46. The quantitative estimate of drug-likeness (QED) is 0.414. The number of nitrogens with zero attached hydrogens (tertiary/aromatic N) is 5. The Bertz CT molecular complexity index is 1270. The maximum atomic E-state index is 13.0. The standard InChI is InChI=1S/C20H16N6O2S/c27-17(25-10-9-13-5-1-4-8-16(13)25)11-29-20-23-15-7-3-2-6-14(15)18(28)26(20)19-21-12-22-24-19/h1-8,12H,9-11H2,(H,21,22,24). The van der Waals surface area contributed by atoms with Crippen LogP contribution < -0.4 is 10.5 Å². The topological polar surface area (TPSA) is 96.8 Å². The van der Waals surface area contributed by atoms with Gasteiger partial charge in [-0.25, -0.2) is 14.6 Å². The van der Waals surface area contributed by atoms with E-state index in [0.717, 1.165) is 12.1 Å². The summed E-state index contributed by atoms with van der Waals surface area (Å²) in [5, 5.41) is 7.42. The van der Waals surface area contributed by atoms with Gasteiger partial charge < -0.3 is 4.90 Å². The molecule has 0 saturated heterocycles. The van der Waals surface area contributed by atoms with Crippen molar-refractivity contribution >= 4 is 34.3 Å². The Morgan fingerprint density at radius 2 is 1.97 bits per heavy atom. The van der Waals surface area contributed by atoms with E-state index in [1.165, 1.54) is 28.2 Å². The van der Waals surface area contributed by atoms with Gasteiger partial charge in [-0.1, -0.05) is 42.1 Å². The number of hydrogen-bond acceptors (Lipinski definition) is 6. The molecule has 0 fully saturated rings. The van der Waals surface area contributed by atoms with Crippen LogP contribution in [0.3, 0.4) is 0 Å². The molecule has 1 N–H and O–H groups in total. The largest absolute Gasteiger partial charge is 0.311 e. The number of H-pyrrole nitrogens is 1. The summed E-state index contributed by atoms with van der Waals surface area (Å²) >= 11 is 1.22. The molecule has 9 heteroatoms. The molecule has 0 aliphatic carbocycles. The first-order valence-corrected chi connectivity index (χ1v) is 10.1. The van der Waals surface area contributed by atoms with Crippen LogP contribution in [0.1, 0.15) is 5.56 Å². The van der Waals surface area contributed by atoms with Crippen LogP contribution >= 0.6 is 11.8 Å². The second-order valence-electron chi connectivity index (χ2n) is 6.57. The Morgan fingerprint density at radius 3 is 2.83 bits per heavy atom. The van der Waals surface area contributed by atoms with Gasteiger partial charge in [-0.15, -0.1) is 0 Å². The van der Waals surface area contributed by atoms with Crippen LogP contribution in [0.15, 0.2) is 64.8 Å². The fraction of sp³-hybridized carbons (Fsp3) is 0.150. The van der Waals surface area contributed by atoms with Crippen molar-refractivity contribution in [3.05, 3.63) is 70.8 Å². The third kappa shape index (κ3) is 3.09. The zero-order valence-electron chi connectivity index (χ0n) is 15.3. The lowest BCUT2D eigenvalue weighted by atomic mass is 10.2. The van der Waals surface area contributed by atoms with Crippen molar-refractivity contribution in [1.29, 1.82) is 0 Å². The molecule has 1 aliphatic rings. The molecule has 0 spiro atoms. The predicted molar refractivity (Wildman–Crippen MR) is 111 cm³/mol. The number of hydrogen-bond donors (Lipinski definition) is 1. The van der Waals surface area contributed by atoms with E-state index in [9.17, 15) is 9.59 Å². The number of carbonyl (C=O) groups excluding carboxylic acids is 1. The summed E-state index contributed by atoms with van der Waals surface area (Å²) in [6.07, 6.45) is 2.18. The summed E-state index contributed by atoms with van der Waals surface area (Å²) in [7, 11) is 0. The highest BCUT2D eigenvalue weighted by Crippen LogP contribution is 2.29. The number of para-hydroxylation sites is 2. The van der Waals surface area contributed by atoms with Crippen LogP contribution in [0.25, 0.3) is 16.9 Å². The number of amides is 1. The van der Waals surface area contributed by atoms with E-state index in [2.05, 4.69) is 20.2 Å². The van der Waals surface area contributed by atoms with Crippen LogP contribution in [0.5, 0.6) is 0 Å². The lowest BCUT2D eigenvalue weighted by Gasteiger charge is -2.17. The maximum Gasteiger partial charge on any atom is 0.269 e. The molecule has 8 nitrogen and oxygen atoms in total. The number of nitrogens with one attached hydrogen (secondary N) is 1. The van der Waals surface area contributed by atoms with E-state index in [4.69, 9.17) is 0 Å². The summed E-state index contributed by atoms with van der Waals surface area (Å²) in [4.78, 5) is 36.4. The summed E-state index contributed by atoms with van der Waals surface area (Å²) in [5.41, 5.74) is 2.45. The molecule has 5 rings (SSSR count). The van der Waals surface area contributed by atoms with Crippen molar-refractivity contribution < 1.29 is 4.79 Å². The summed E-state index contributed by atoms with van der Waals surface area (Å²) < 4.78 is 1.37. The minimum Gasteiger partial charge on any atom is -0.311 e. The van der Waals surface area contributed by atoms with Crippen molar-refractivity contribution in [1.82, 2.24) is 24.7 Å². The molecular weight excluding hydrogens is 388 g/mol. The summed E-state index contributed by atoms with van der Waals surface area (Å²) in [5.74, 6) is 0.411. The van der Waals surface area contributed by atoms with Gasteiger partial charge in [0.05, 0.1) is 16.7 Å². The molecule has 0 bridgehead atoms. The van der Waals surface area contributed by atoms with Crippen LogP contribution in [0, 0.1) is 0 Å². The number of carbonyl (C=O) groups is 1. The Balaban J connectivity index is 1.48. The number of aromatic amines is 1. The minimum absolute atomic E-state index is 0.0218. The van der Waals surface area contributed by atoms with Gasteiger partial charge in [-0.05, 0) is 30.2 Å². The first-order chi connectivity index (χ1) is 14.2. The van der Waals surface area contributed by atoms with Crippen molar-refractivity contribution in [3.8, 4) is 5.95 Å². The molecule has 0 radical (unpaired) electrons. The monoisotopic (exact) mass is 404 g/mol. The van der Waals surface area contributed by atoms with Crippen molar-refractivity contribution in [3.63, 3.8) is 0 Å². The second kappa shape index (κ2) is 7.17. The number of rotatable bonds is 4. The van der Waals surface area contributed by atoms with E-state index < -0.39 is 0 Å². The fourth-order valence-electron chi connectivity index (χ4n) is 3.50. The molecule has 0 unspecified atom stereocenters. The van der Waals surface area contributed by atoms with E-state index in [0.29, 0.717) is 22.6 Å². The second-order valence-corrected chi connectivity index (χ2v) is 7.52. The van der Waals surface area contributed by atoms with Gasteiger partial charge in [0, 0.05) is 12.2 Å². The fourth-order valence-corrected chi connectivity index (χ4v) is 4.37. The lowest BCUT2D eigenvalue weighted by molar-refractivity contribution is -0.116. The molecule has 2 aromatic heterocycles. The number of fused-ring (bicyclic) bond motifs is 2. The van der Waals surface area contributed by atoms with Gasteiger partial charge in [0.1, 0.15) is 6.33 Å². The first-order valence-electron chi connectivity index (χ1n) is 9.11. The van der Waals surface area contributed by atoms with Gasteiger partial charge in [-0.2, -0.15) is 10.1 Å². The van der Waals surface area contributed by atoms with E-state index >= 15 is 0 Å². The SMILES string of the molecule is O=C(CSc1nc2ccccc2c(=O)n1-c1ncn[nH]1)N1CCc2ccccc21. The molecule has 29 heavy (non-hydrogen) atoms. The van der Waals surface area contributed by atoms with Crippen LogP contribution in [0.2, 0.25) is 0 Å². The predicted octanol–water partition coefficient (Wildman–Crippen LogP) is 2.19. The third-order valence-electron chi connectivity index (χ3n) is 4.87. The Morgan fingerprint density at radius 1 is 1.14 bits per heavy atom. The Kier molecular flexibility index (Phi) is 4.36. The van der Waals surface area contributed by atoms with Gasteiger partial charge in [0.2, 0.25) is 11.9 Å². The zero-order chi connectivity index (χ0) is 19.8. The molecule has 3 heterocycles. The third-order valence-corrected chi connectivity index (χ3v) is 5.80. The smallest absolute Gasteiger partial charge is 0.269 e. The highest BCUT2D eigenvalue weighted by molar-refractivity contribution is 7.99. The average molecular weight is 404 g/mol. The van der Waals surface area contributed by atoms with Crippen LogP contribution in [-0.2, 0) is 11.2 Å². The molecule has 2 aromatic carbocycles. The van der Waals surface area contributed by atoms with Gasteiger partial charge in [0.15, 0.2) is 5.16 Å². The van der Waals surface area contributed by atoms with Gasteiger partial charge >= 0.3 is 0 Å². The molecule has 0 saturated carbocycles. The molecule has 1 aliphatic heterocycles. The van der Waals surface area contributed by atoms with Gasteiger partial charge in [0.25, 0.3) is 5.56 Å². The number of anilines is 1. The normalized spacial score (nSPS) is 13.0. The molecule has 1 amide bonds. The lowest BCUT2D eigenvalue weighted by Crippen LogP contribution is -2.31. The summed E-state index contributed by atoms with van der Waals surface area (Å²) in [6, 6.07) is 15.0. The maximum absolute atomic E-state index is 13.0. The minimum atomic E-state index is -0.256. The average Bonchev–Trinajstić information content (AvgIpc) is 3.42. The zero-order valence-corrected chi connectivity index (χ0v) is 16.1. The molecule has 144 valence electrons.